The average Bonchev–Trinajstić information content (AvgIpc) is 3.27. The van der Waals surface area contributed by atoms with Gasteiger partial charge in [0.2, 0.25) is 21.6 Å². The topological polar surface area (TPSA) is 57.7 Å². The van der Waals surface area contributed by atoms with Gasteiger partial charge in [0.25, 0.3) is 0 Å². The molecule has 0 aromatic heterocycles. The SMILES string of the molecule is CC(F)(c1ccc2c(c1)CC[C@H]1N(C(=O)C3CCN(S(C)(=O)=O)CC3)CC[C@@]21Cc1ccc(F)cc1)C(F)(F)F. The quantitative estimate of drug-likeness (QED) is 0.450. The summed E-state index contributed by atoms with van der Waals surface area (Å²) < 4.78 is 94.2. The first-order valence-electron chi connectivity index (χ1n) is 13.5. The van der Waals surface area contributed by atoms with Crippen LogP contribution in [0.15, 0.2) is 42.5 Å². The van der Waals surface area contributed by atoms with Crippen LogP contribution < -0.4 is 0 Å². The lowest BCUT2D eigenvalue weighted by atomic mass is 9.63. The van der Waals surface area contributed by atoms with Crippen molar-refractivity contribution in [2.24, 2.45) is 5.92 Å². The van der Waals surface area contributed by atoms with Crippen LogP contribution in [0.4, 0.5) is 22.0 Å². The number of aryl methyl sites for hydroxylation is 1. The minimum absolute atomic E-state index is 0.0346. The van der Waals surface area contributed by atoms with Crippen molar-refractivity contribution >= 4 is 15.9 Å². The summed E-state index contributed by atoms with van der Waals surface area (Å²) in [5.74, 6) is -0.737. The predicted molar refractivity (Wildman–Crippen MR) is 140 cm³/mol. The number of carbonyl (C=O) groups excluding carboxylic acids is 1. The van der Waals surface area contributed by atoms with E-state index in [2.05, 4.69) is 0 Å². The lowest BCUT2D eigenvalue weighted by Gasteiger charge is -2.45. The summed E-state index contributed by atoms with van der Waals surface area (Å²) in [4.78, 5) is 15.7. The van der Waals surface area contributed by atoms with Crippen LogP contribution in [-0.4, -0.2) is 61.6 Å². The molecule has 5 nitrogen and oxygen atoms in total. The van der Waals surface area contributed by atoms with Gasteiger partial charge in [0.05, 0.1) is 6.26 Å². The second-order valence-corrected chi connectivity index (χ2v) is 13.6. The maximum Gasteiger partial charge on any atom is 0.426 e. The summed E-state index contributed by atoms with van der Waals surface area (Å²) in [5, 5.41) is 0. The zero-order valence-corrected chi connectivity index (χ0v) is 23.3. The van der Waals surface area contributed by atoms with E-state index in [1.165, 1.54) is 28.6 Å². The Morgan fingerprint density at radius 2 is 1.65 bits per heavy atom. The highest BCUT2D eigenvalue weighted by Crippen LogP contribution is 2.51. The van der Waals surface area contributed by atoms with Crippen LogP contribution in [0.5, 0.6) is 0 Å². The van der Waals surface area contributed by atoms with Crippen molar-refractivity contribution in [3.8, 4) is 0 Å². The average molecular weight is 585 g/mol. The van der Waals surface area contributed by atoms with Gasteiger partial charge in [-0.3, -0.25) is 4.79 Å². The Morgan fingerprint density at radius 1 is 1.00 bits per heavy atom. The molecule has 2 aromatic rings. The van der Waals surface area contributed by atoms with Crippen molar-refractivity contribution < 1.29 is 35.2 Å². The van der Waals surface area contributed by atoms with Crippen molar-refractivity contribution in [2.75, 3.05) is 25.9 Å². The number of piperidine rings is 1. The lowest BCUT2D eigenvalue weighted by molar-refractivity contribution is -0.228. The first kappa shape index (κ1) is 29.0. The molecule has 218 valence electrons. The van der Waals surface area contributed by atoms with Crippen LogP contribution in [0.2, 0.25) is 0 Å². The van der Waals surface area contributed by atoms with Gasteiger partial charge < -0.3 is 4.90 Å². The molecule has 3 aliphatic rings. The number of hydrogen-bond acceptors (Lipinski definition) is 3. The van der Waals surface area contributed by atoms with E-state index in [1.807, 2.05) is 4.90 Å². The molecule has 11 heteroatoms. The number of benzene rings is 2. The van der Waals surface area contributed by atoms with Crippen molar-refractivity contribution in [2.45, 2.75) is 68.8 Å². The molecule has 40 heavy (non-hydrogen) atoms. The summed E-state index contributed by atoms with van der Waals surface area (Å²) in [5.41, 5.74) is -2.29. The molecule has 5 rings (SSSR count). The third-order valence-electron chi connectivity index (χ3n) is 9.20. The van der Waals surface area contributed by atoms with Gasteiger partial charge >= 0.3 is 6.18 Å². The minimum Gasteiger partial charge on any atom is -0.339 e. The van der Waals surface area contributed by atoms with Gasteiger partial charge in [0, 0.05) is 37.0 Å². The first-order valence-corrected chi connectivity index (χ1v) is 15.4. The van der Waals surface area contributed by atoms with E-state index < -0.39 is 32.8 Å². The van der Waals surface area contributed by atoms with Gasteiger partial charge in [-0.2, -0.15) is 13.2 Å². The molecule has 1 amide bonds. The number of alkyl halides is 4. The van der Waals surface area contributed by atoms with Gasteiger partial charge in [-0.15, -0.1) is 0 Å². The van der Waals surface area contributed by atoms with Crippen LogP contribution >= 0.6 is 0 Å². The lowest BCUT2D eigenvalue weighted by Crippen LogP contribution is -2.51. The summed E-state index contributed by atoms with van der Waals surface area (Å²) >= 11 is 0. The predicted octanol–water partition coefficient (Wildman–Crippen LogP) is 5.27. The molecule has 0 radical (unpaired) electrons. The Bertz CT molecular complexity index is 1390. The molecule has 0 bridgehead atoms. The summed E-state index contributed by atoms with van der Waals surface area (Å²) in [6, 6.07) is 9.94. The number of sulfonamides is 1. The second kappa shape index (κ2) is 10.1. The van der Waals surface area contributed by atoms with Crippen LogP contribution in [-0.2, 0) is 38.7 Å². The number of hydrogen-bond donors (Lipinski definition) is 0. The minimum atomic E-state index is -5.06. The summed E-state index contributed by atoms with van der Waals surface area (Å²) in [7, 11) is -3.33. The standard InChI is InChI=1S/C29H33F5N2O3S/c1-27(31,29(32,33)34)22-6-9-24-21(17-22)5-10-25-28(24,18-19-3-7-23(30)8-4-19)13-16-36(25)26(37)20-11-14-35(15-12-20)40(2,38)39/h3-4,6-9,17,20,25H,5,10-16,18H2,1-2H3/t25-,27?,28-/m1/s1. The molecule has 2 aromatic carbocycles. The molecular weight excluding hydrogens is 551 g/mol. The van der Waals surface area contributed by atoms with Crippen molar-refractivity contribution in [3.05, 3.63) is 70.5 Å². The number of carbonyl (C=O) groups is 1. The number of likely N-dealkylation sites (tertiary alicyclic amines) is 1. The summed E-state index contributed by atoms with van der Waals surface area (Å²) in [6.45, 7) is 1.53. The fourth-order valence-electron chi connectivity index (χ4n) is 6.92. The molecule has 0 spiro atoms. The van der Waals surface area contributed by atoms with E-state index in [-0.39, 0.29) is 36.8 Å². The Hall–Kier alpha value is -2.53. The van der Waals surface area contributed by atoms with E-state index in [4.69, 9.17) is 0 Å². The van der Waals surface area contributed by atoms with Crippen molar-refractivity contribution in [3.63, 3.8) is 0 Å². The molecule has 0 N–H and O–H groups in total. The van der Waals surface area contributed by atoms with E-state index in [9.17, 15) is 35.2 Å². The van der Waals surface area contributed by atoms with Gasteiger partial charge in [0.1, 0.15) is 5.82 Å². The highest BCUT2D eigenvalue weighted by molar-refractivity contribution is 7.88. The van der Waals surface area contributed by atoms with Crippen LogP contribution in [0.25, 0.3) is 0 Å². The van der Waals surface area contributed by atoms with E-state index >= 15 is 0 Å². The number of nitrogens with zero attached hydrogens (tertiary/aromatic N) is 2. The Labute approximate surface area is 231 Å². The number of rotatable bonds is 5. The maximum absolute atomic E-state index is 14.9. The summed E-state index contributed by atoms with van der Waals surface area (Å²) in [6.07, 6.45) is -1.16. The molecule has 2 saturated heterocycles. The van der Waals surface area contributed by atoms with E-state index in [0.717, 1.165) is 17.4 Å². The fourth-order valence-corrected chi connectivity index (χ4v) is 7.80. The van der Waals surface area contributed by atoms with Gasteiger partial charge in [0.15, 0.2) is 0 Å². The van der Waals surface area contributed by atoms with Crippen LogP contribution in [0.1, 0.15) is 54.9 Å². The normalized spacial score (nSPS) is 25.8. The maximum atomic E-state index is 14.9. The van der Waals surface area contributed by atoms with Crippen molar-refractivity contribution in [1.29, 1.82) is 0 Å². The van der Waals surface area contributed by atoms with Crippen molar-refractivity contribution in [1.82, 2.24) is 9.21 Å². The largest absolute Gasteiger partial charge is 0.426 e. The van der Waals surface area contributed by atoms with Gasteiger partial charge in [-0.25, -0.2) is 21.5 Å². The van der Waals surface area contributed by atoms with E-state index in [0.29, 0.717) is 57.6 Å². The molecule has 1 aliphatic carbocycles. The monoisotopic (exact) mass is 584 g/mol. The molecular formula is C29H33F5N2O3S. The van der Waals surface area contributed by atoms with Gasteiger partial charge in [-0.05, 0) is 79.8 Å². The zero-order valence-electron chi connectivity index (χ0n) is 22.5. The molecule has 1 unspecified atom stereocenters. The zero-order chi connectivity index (χ0) is 29.1. The third kappa shape index (κ3) is 5.04. The Kier molecular flexibility index (Phi) is 7.30. The molecule has 2 aliphatic heterocycles. The van der Waals surface area contributed by atoms with Gasteiger partial charge in [-0.1, -0.05) is 30.3 Å². The number of halogens is 5. The smallest absolute Gasteiger partial charge is 0.339 e. The third-order valence-corrected chi connectivity index (χ3v) is 10.5. The molecule has 2 heterocycles. The van der Waals surface area contributed by atoms with Crippen LogP contribution in [0.3, 0.4) is 0 Å². The number of amides is 1. The number of fused-ring (bicyclic) bond motifs is 3. The highest BCUT2D eigenvalue weighted by Gasteiger charge is 2.56. The van der Waals surface area contributed by atoms with Crippen LogP contribution in [0, 0.1) is 11.7 Å². The fraction of sp³-hybridized carbons (Fsp3) is 0.552. The molecule has 3 atom stereocenters. The molecule has 2 fully saturated rings. The van der Waals surface area contributed by atoms with E-state index in [1.54, 1.807) is 18.2 Å². The second-order valence-electron chi connectivity index (χ2n) is 11.6. The highest BCUT2D eigenvalue weighted by atomic mass is 32.2. The molecule has 0 saturated carbocycles. The Balaban J connectivity index is 1.49. The first-order chi connectivity index (χ1) is 18.6. The Morgan fingerprint density at radius 3 is 2.25 bits per heavy atom.